The van der Waals surface area contributed by atoms with Crippen molar-refractivity contribution >= 4 is 15.5 Å². The number of aryl methyl sites for hydroxylation is 1. The van der Waals surface area contributed by atoms with E-state index in [-0.39, 0.29) is 11.8 Å². The molecule has 4 nitrogen and oxygen atoms in total. The molecule has 5 heteroatoms. The van der Waals surface area contributed by atoms with Crippen molar-refractivity contribution in [3.63, 3.8) is 0 Å². The molecule has 2 heterocycles. The zero-order valence-electron chi connectivity index (χ0n) is 8.60. The van der Waals surface area contributed by atoms with E-state index in [1.807, 2.05) is 19.1 Å². The molecule has 1 N–H and O–H groups in total. The summed E-state index contributed by atoms with van der Waals surface area (Å²) in [6, 6.07) is 3.87. The van der Waals surface area contributed by atoms with Crippen LogP contribution in [0.5, 0.6) is 0 Å². The average molecular weight is 226 g/mol. The maximum atomic E-state index is 11.2. The summed E-state index contributed by atoms with van der Waals surface area (Å²) < 4.78 is 22.5. The maximum Gasteiger partial charge on any atom is 0.152 e. The first-order chi connectivity index (χ1) is 7.05. The van der Waals surface area contributed by atoms with Crippen LogP contribution in [0.15, 0.2) is 18.3 Å². The highest BCUT2D eigenvalue weighted by atomic mass is 32.2. The second kappa shape index (κ2) is 3.81. The van der Waals surface area contributed by atoms with Crippen LogP contribution >= 0.6 is 0 Å². The van der Waals surface area contributed by atoms with Gasteiger partial charge in [0.1, 0.15) is 0 Å². The van der Waals surface area contributed by atoms with Gasteiger partial charge in [-0.2, -0.15) is 0 Å². The Morgan fingerprint density at radius 1 is 1.47 bits per heavy atom. The minimum absolute atomic E-state index is 0.0412. The summed E-state index contributed by atoms with van der Waals surface area (Å²) in [5.74, 6) is 0.533. The summed E-state index contributed by atoms with van der Waals surface area (Å²) in [7, 11) is -2.81. The number of pyridine rings is 1. The molecule has 0 spiro atoms. The molecule has 1 unspecified atom stereocenters. The Bertz CT molecular complexity index is 439. The van der Waals surface area contributed by atoms with Gasteiger partial charge in [-0.1, -0.05) is 0 Å². The second-order valence-electron chi connectivity index (χ2n) is 3.93. The fourth-order valence-electron chi connectivity index (χ4n) is 1.70. The van der Waals surface area contributed by atoms with Gasteiger partial charge in [0.2, 0.25) is 0 Å². The van der Waals surface area contributed by atoms with E-state index in [0.29, 0.717) is 12.2 Å². The van der Waals surface area contributed by atoms with Crippen LogP contribution in [0.25, 0.3) is 0 Å². The lowest BCUT2D eigenvalue weighted by Gasteiger charge is -2.11. The Morgan fingerprint density at radius 2 is 2.27 bits per heavy atom. The van der Waals surface area contributed by atoms with E-state index >= 15 is 0 Å². The van der Waals surface area contributed by atoms with Crippen LogP contribution in [0, 0.1) is 6.92 Å². The minimum atomic E-state index is -2.81. The largest absolute Gasteiger partial charge is 0.380 e. The van der Waals surface area contributed by atoms with E-state index < -0.39 is 9.84 Å². The van der Waals surface area contributed by atoms with Gasteiger partial charge in [-0.05, 0) is 25.5 Å². The van der Waals surface area contributed by atoms with Crippen LogP contribution in [0.3, 0.4) is 0 Å². The number of hydrogen-bond donors (Lipinski definition) is 1. The first kappa shape index (κ1) is 10.4. The van der Waals surface area contributed by atoms with E-state index in [1.165, 1.54) is 0 Å². The van der Waals surface area contributed by atoms with Crippen molar-refractivity contribution in [2.45, 2.75) is 19.4 Å². The van der Waals surface area contributed by atoms with Gasteiger partial charge in [0.15, 0.2) is 9.84 Å². The van der Waals surface area contributed by atoms with E-state index in [2.05, 4.69) is 10.3 Å². The number of sulfone groups is 1. The number of anilines is 1. The first-order valence-corrected chi connectivity index (χ1v) is 6.77. The Kier molecular flexibility index (Phi) is 2.65. The molecule has 1 aliphatic rings. The van der Waals surface area contributed by atoms with E-state index in [9.17, 15) is 8.42 Å². The lowest BCUT2D eigenvalue weighted by molar-refractivity contribution is 0.602. The predicted octanol–water partition coefficient (Wildman–Crippen LogP) is 0.989. The molecule has 0 aromatic carbocycles. The molecule has 0 saturated carbocycles. The van der Waals surface area contributed by atoms with Gasteiger partial charge in [0.25, 0.3) is 0 Å². The summed E-state index contributed by atoms with van der Waals surface area (Å²) in [5, 5.41) is 3.18. The first-order valence-electron chi connectivity index (χ1n) is 4.95. The number of aromatic nitrogens is 1. The molecule has 82 valence electrons. The van der Waals surface area contributed by atoms with Gasteiger partial charge in [0, 0.05) is 11.7 Å². The molecule has 0 aliphatic carbocycles. The van der Waals surface area contributed by atoms with Crippen molar-refractivity contribution in [2.24, 2.45) is 0 Å². The topological polar surface area (TPSA) is 59.1 Å². The van der Waals surface area contributed by atoms with Crippen molar-refractivity contribution in [1.29, 1.82) is 0 Å². The molecule has 0 amide bonds. The van der Waals surface area contributed by atoms with Crippen molar-refractivity contribution in [1.82, 2.24) is 4.98 Å². The van der Waals surface area contributed by atoms with Gasteiger partial charge in [-0.3, -0.25) is 4.98 Å². The molecule has 1 fully saturated rings. The third-order valence-corrected chi connectivity index (χ3v) is 4.28. The molecule has 15 heavy (non-hydrogen) atoms. The van der Waals surface area contributed by atoms with Crippen LogP contribution in [0.1, 0.15) is 12.1 Å². The molecule has 1 aromatic rings. The van der Waals surface area contributed by atoms with Gasteiger partial charge < -0.3 is 5.32 Å². The molecule has 1 saturated heterocycles. The normalized spacial score (nSPS) is 23.9. The van der Waals surface area contributed by atoms with Crippen molar-refractivity contribution in [3.8, 4) is 0 Å². The van der Waals surface area contributed by atoms with E-state index in [4.69, 9.17) is 0 Å². The summed E-state index contributed by atoms with van der Waals surface area (Å²) in [6.07, 6.45) is 2.43. The molecule has 1 aromatic heterocycles. The van der Waals surface area contributed by atoms with Gasteiger partial charge in [-0.15, -0.1) is 0 Å². The summed E-state index contributed by atoms with van der Waals surface area (Å²) in [6.45, 7) is 1.92. The van der Waals surface area contributed by atoms with Crippen LogP contribution < -0.4 is 5.32 Å². The van der Waals surface area contributed by atoms with Crippen LogP contribution in [0.4, 0.5) is 5.69 Å². The van der Waals surface area contributed by atoms with Crippen LogP contribution in [0.2, 0.25) is 0 Å². The Labute approximate surface area is 89.6 Å². The summed E-state index contributed by atoms with van der Waals surface area (Å²) in [5.41, 5.74) is 1.85. The molecule has 1 aliphatic heterocycles. The highest BCUT2D eigenvalue weighted by Crippen LogP contribution is 2.16. The standard InChI is InChI=1S/C10H14N2O2S/c1-8-2-3-9(6-11-8)12-10-4-5-15(13,14)7-10/h2-3,6,10,12H,4-5,7H2,1H3. The molecule has 0 bridgehead atoms. The fourth-order valence-corrected chi connectivity index (χ4v) is 3.37. The van der Waals surface area contributed by atoms with Gasteiger partial charge >= 0.3 is 0 Å². The third-order valence-electron chi connectivity index (χ3n) is 2.51. The van der Waals surface area contributed by atoms with Crippen molar-refractivity contribution in [2.75, 3.05) is 16.8 Å². The average Bonchev–Trinajstić information content (AvgIpc) is 2.50. The molecular formula is C10H14N2O2S. The van der Waals surface area contributed by atoms with Crippen molar-refractivity contribution < 1.29 is 8.42 Å². The fraction of sp³-hybridized carbons (Fsp3) is 0.500. The Balaban J connectivity index is 2.02. The molecule has 1 atom stereocenters. The highest BCUT2D eigenvalue weighted by Gasteiger charge is 2.27. The molecule has 2 rings (SSSR count). The third kappa shape index (κ3) is 2.68. The number of nitrogens with zero attached hydrogens (tertiary/aromatic N) is 1. The number of rotatable bonds is 2. The maximum absolute atomic E-state index is 11.2. The lowest BCUT2D eigenvalue weighted by atomic mass is 10.2. The molecule has 0 radical (unpaired) electrons. The van der Waals surface area contributed by atoms with Crippen molar-refractivity contribution in [3.05, 3.63) is 24.0 Å². The monoisotopic (exact) mass is 226 g/mol. The van der Waals surface area contributed by atoms with E-state index in [0.717, 1.165) is 11.4 Å². The minimum Gasteiger partial charge on any atom is -0.380 e. The Hall–Kier alpha value is -1.10. The summed E-state index contributed by atoms with van der Waals surface area (Å²) in [4.78, 5) is 4.15. The highest BCUT2D eigenvalue weighted by molar-refractivity contribution is 7.91. The Morgan fingerprint density at radius 3 is 2.80 bits per heavy atom. The predicted molar refractivity (Wildman–Crippen MR) is 59.7 cm³/mol. The second-order valence-corrected chi connectivity index (χ2v) is 6.16. The molecular weight excluding hydrogens is 212 g/mol. The van der Waals surface area contributed by atoms with Crippen LogP contribution in [-0.4, -0.2) is 30.9 Å². The SMILES string of the molecule is Cc1ccc(NC2CCS(=O)(=O)C2)cn1. The van der Waals surface area contributed by atoms with Gasteiger partial charge in [-0.25, -0.2) is 8.42 Å². The summed E-state index contributed by atoms with van der Waals surface area (Å²) >= 11 is 0. The van der Waals surface area contributed by atoms with E-state index in [1.54, 1.807) is 6.20 Å². The zero-order chi connectivity index (χ0) is 10.9. The van der Waals surface area contributed by atoms with Crippen LogP contribution in [-0.2, 0) is 9.84 Å². The number of hydrogen-bond acceptors (Lipinski definition) is 4. The van der Waals surface area contributed by atoms with Gasteiger partial charge in [0.05, 0.1) is 23.4 Å². The quantitative estimate of drug-likeness (QED) is 0.817. The lowest BCUT2D eigenvalue weighted by Crippen LogP contribution is -2.20. The smallest absolute Gasteiger partial charge is 0.152 e. The zero-order valence-corrected chi connectivity index (χ0v) is 9.42. The number of nitrogens with one attached hydrogen (secondary N) is 1.